The van der Waals surface area contributed by atoms with Crippen LogP contribution in [0.4, 0.5) is 0 Å². The Balaban J connectivity index is 2.23. The van der Waals surface area contributed by atoms with E-state index in [9.17, 15) is 0 Å². The minimum atomic E-state index is 0.231. The summed E-state index contributed by atoms with van der Waals surface area (Å²) in [6, 6.07) is 1.02. The average Bonchev–Trinajstić information content (AvgIpc) is 2.25. The molecule has 0 spiro atoms. The fourth-order valence-electron chi connectivity index (χ4n) is 2.15. The zero-order valence-corrected chi connectivity index (χ0v) is 11.7. The summed E-state index contributed by atoms with van der Waals surface area (Å²) >= 11 is 1.98. The molecule has 0 aromatic rings. The first-order valence-electron chi connectivity index (χ1n) is 6.21. The summed E-state index contributed by atoms with van der Waals surface area (Å²) in [5, 5.41) is 3.61. The molecule has 0 radical (unpaired) electrons. The lowest BCUT2D eigenvalue weighted by molar-refractivity contribution is -0.132. The van der Waals surface area contributed by atoms with E-state index in [1.54, 1.807) is 7.11 Å². The van der Waals surface area contributed by atoms with E-state index in [4.69, 9.17) is 9.47 Å². The Morgan fingerprint density at radius 3 is 2.75 bits per heavy atom. The van der Waals surface area contributed by atoms with Crippen LogP contribution in [0, 0.1) is 0 Å². The largest absolute Gasteiger partial charge is 0.377 e. The standard InChI is InChI=1S/C12H25NO2S/c1-5-15-11-7-10(12(11)14-4)13-9(3)8-16-6-2/h9-13H,5-8H2,1-4H3. The SMILES string of the molecule is CCOC1CC(NC(C)CSCC)C1OC. The third-order valence-electron chi connectivity index (χ3n) is 2.97. The Hall–Kier alpha value is 0.230. The van der Waals surface area contributed by atoms with Gasteiger partial charge in [0.05, 0.1) is 12.2 Å². The highest BCUT2D eigenvalue weighted by Crippen LogP contribution is 2.27. The Bertz CT molecular complexity index is 192. The smallest absolute Gasteiger partial charge is 0.0986 e. The molecule has 0 amide bonds. The van der Waals surface area contributed by atoms with E-state index < -0.39 is 0 Å². The van der Waals surface area contributed by atoms with Crippen LogP contribution in [0.2, 0.25) is 0 Å². The van der Waals surface area contributed by atoms with Gasteiger partial charge in [-0.1, -0.05) is 6.92 Å². The topological polar surface area (TPSA) is 30.5 Å². The van der Waals surface area contributed by atoms with Crippen LogP contribution in [0.5, 0.6) is 0 Å². The summed E-state index contributed by atoms with van der Waals surface area (Å²) in [4.78, 5) is 0. The maximum Gasteiger partial charge on any atom is 0.0986 e. The maximum absolute atomic E-state index is 5.60. The predicted molar refractivity (Wildman–Crippen MR) is 70.2 cm³/mol. The number of rotatable bonds is 8. The Morgan fingerprint density at radius 1 is 1.44 bits per heavy atom. The Kier molecular flexibility index (Phi) is 6.73. The molecule has 1 saturated carbocycles. The lowest BCUT2D eigenvalue weighted by atomic mass is 9.84. The second-order valence-corrected chi connectivity index (χ2v) is 5.58. The van der Waals surface area contributed by atoms with Crippen LogP contribution < -0.4 is 5.32 Å². The molecule has 1 aliphatic carbocycles. The molecule has 0 bridgehead atoms. The molecule has 1 aliphatic rings. The van der Waals surface area contributed by atoms with Crippen LogP contribution in [0.25, 0.3) is 0 Å². The molecule has 0 saturated heterocycles. The second kappa shape index (κ2) is 7.54. The number of nitrogens with one attached hydrogen (secondary N) is 1. The summed E-state index contributed by atoms with van der Waals surface area (Å²) < 4.78 is 11.1. The normalized spacial score (nSPS) is 31.1. The molecule has 1 N–H and O–H groups in total. The monoisotopic (exact) mass is 247 g/mol. The molecule has 1 fully saturated rings. The van der Waals surface area contributed by atoms with Crippen LogP contribution >= 0.6 is 11.8 Å². The van der Waals surface area contributed by atoms with Gasteiger partial charge in [-0.05, 0) is 26.0 Å². The molecule has 0 heterocycles. The first-order valence-corrected chi connectivity index (χ1v) is 7.36. The zero-order valence-electron chi connectivity index (χ0n) is 10.9. The van der Waals surface area contributed by atoms with Gasteiger partial charge < -0.3 is 14.8 Å². The molecule has 1 rings (SSSR count). The first-order chi connectivity index (χ1) is 7.72. The van der Waals surface area contributed by atoms with Gasteiger partial charge in [-0.15, -0.1) is 0 Å². The molecule has 96 valence electrons. The van der Waals surface area contributed by atoms with Crippen LogP contribution in [-0.4, -0.2) is 49.5 Å². The van der Waals surface area contributed by atoms with E-state index in [-0.39, 0.29) is 6.10 Å². The van der Waals surface area contributed by atoms with Crippen LogP contribution in [0.3, 0.4) is 0 Å². The molecule has 16 heavy (non-hydrogen) atoms. The average molecular weight is 247 g/mol. The third-order valence-corrected chi connectivity index (χ3v) is 4.12. The van der Waals surface area contributed by atoms with Crippen molar-refractivity contribution in [3.63, 3.8) is 0 Å². The second-order valence-electron chi connectivity index (χ2n) is 4.26. The molecule has 3 nitrogen and oxygen atoms in total. The predicted octanol–water partition coefficient (Wildman–Crippen LogP) is 1.91. The highest BCUT2D eigenvalue weighted by atomic mass is 32.2. The van der Waals surface area contributed by atoms with Crippen molar-refractivity contribution in [2.45, 2.75) is 51.5 Å². The van der Waals surface area contributed by atoms with Gasteiger partial charge in [0, 0.05) is 31.6 Å². The fraction of sp³-hybridized carbons (Fsp3) is 1.00. The van der Waals surface area contributed by atoms with Crippen molar-refractivity contribution in [3.05, 3.63) is 0 Å². The number of thioether (sulfide) groups is 1. The van der Waals surface area contributed by atoms with Crippen LogP contribution in [0.15, 0.2) is 0 Å². The first kappa shape index (κ1) is 14.3. The third kappa shape index (κ3) is 3.91. The van der Waals surface area contributed by atoms with Gasteiger partial charge in [0.1, 0.15) is 0 Å². The summed E-state index contributed by atoms with van der Waals surface area (Å²) in [6.45, 7) is 7.25. The minimum absolute atomic E-state index is 0.231. The Labute approximate surface area is 104 Å². The summed E-state index contributed by atoms with van der Waals surface area (Å²) in [7, 11) is 1.77. The fourth-order valence-corrected chi connectivity index (χ4v) is 2.83. The molecular formula is C12H25NO2S. The van der Waals surface area contributed by atoms with Crippen molar-refractivity contribution in [1.29, 1.82) is 0 Å². The van der Waals surface area contributed by atoms with Crippen molar-refractivity contribution < 1.29 is 9.47 Å². The highest BCUT2D eigenvalue weighted by molar-refractivity contribution is 7.99. The summed E-state index contributed by atoms with van der Waals surface area (Å²) in [5.74, 6) is 2.36. The molecule has 0 aromatic heterocycles. The van der Waals surface area contributed by atoms with Gasteiger partial charge >= 0.3 is 0 Å². The highest BCUT2D eigenvalue weighted by Gasteiger charge is 2.42. The van der Waals surface area contributed by atoms with Crippen LogP contribution in [0.1, 0.15) is 27.2 Å². The lowest BCUT2D eigenvalue weighted by Crippen LogP contribution is -2.61. The van der Waals surface area contributed by atoms with Crippen molar-refractivity contribution in [1.82, 2.24) is 5.32 Å². The maximum atomic E-state index is 5.60. The molecule has 0 aliphatic heterocycles. The molecular weight excluding hydrogens is 222 g/mol. The van der Waals surface area contributed by atoms with Crippen molar-refractivity contribution >= 4 is 11.8 Å². The van der Waals surface area contributed by atoms with E-state index in [2.05, 4.69) is 19.2 Å². The quantitative estimate of drug-likeness (QED) is 0.710. The van der Waals surface area contributed by atoms with Crippen molar-refractivity contribution in [2.75, 3.05) is 25.2 Å². The van der Waals surface area contributed by atoms with E-state index in [0.29, 0.717) is 18.2 Å². The number of methoxy groups -OCH3 is 1. The van der Waals surface area contributed by atoms with Gasteiger partial charge in [0.15, 0.2) is 0 Å². The van der Waals surface area contributed by atoms with E-state index in [1.165, 1.54) is 11.5 Å². The number of ether oxygens (including phenoxy) is 2. The molecule has 4 unspecified atom stereocenters. The van der Waals surface area contributed by atoms with E-state index in [0.717, 1.165) is 13.0 Å². The zero-order chi connectivity index (χ0) is 12.0. The van der Waals surface area contributed by atoms with E-state index in [1.807, 2.05) is 18.7 Å². The van der Waals surface area contributed by atoms with Gasteiger partial charge in [0.25, 0.3) is 0 Å². The van der Waals surface area contributed by atoms with Gasteiger partial charge in [-0.3, -0.25) is 0 Å². The van der Waals surface area contributed by atoms with Gasteiger partial charge in [0.2, 0.25) is 0 Å². The van der Waals surface area contributed by atoms with Crippen LogP contribution in [-0.2, 0) is 9.47 Å². The Morgan fingerprint density at radius 2 is 2.19 bits per heavy atom. The molecule has 4 atom stereocenters. The number of hydrogen-bond donors (Lipinski definition) is 1. The summed E-state index contributed by atoms with van der Waals surface area (Å²) in [6.07, 6.45) is 1.60. The van der Waals surface area contributed by atoms with Gasteiger partial charge in [-0.25, -0.2) is 0 Å². The van der Waals surface area contributed by atoms with Gasteiger partial charge in [-0.2, -0.15) is 11.8 Å². The van der Waals surface area contributed by atoms with E-state index >= 15 is 0 Å². The minimum Gasteiger partial charge on any atom is -0.377 e. The van der Waals surface area contributed by atoms with Crippen molar-refractivity contribution in [3.8, 4) is 0 Å². The molecule has 4 heteroatoms. The van der Waals surface area contributed by atoms with Crippen molar-refractivity contribution in [2.24, 2.45) is 0 Å². The summed E-state index contributed by atoms with van der Waals surface area (Å²) in [5.41, 5.74) is 0. The number of hydrogen-bond acceptors (Lipinski definition) is 4. The molecule has 0 aromatic carbocycles. The lowest BCUT2D eigenvalue weighted by Gasteiger charge is -2.44.